The molecule has 0 aromatic carbocycles. The predicted molar refractivity (Wildman–Crippen MR) is 80.1 cm³/mol. The van der Waals surface area contributed by atoms with E-state index >= 15 is 0 Å². The van der Waals surface area contributed by atoms with Gasteiger partial charge in [-0.15, -0.1) is 11.3 Å². The van der Waals surface area contributed by atoms with Gasteiger partial charge in [-0.2, -0.15) is 0 Å². The van der Waals surface area contributed by atoms with Crippen molar-refractivity contribution in [2.75, 3.05) is 0 Å². The van der Waals surface area contributed by atoms with E-state index in [0.717, 1.165) is 4.88 Å². The van der Waals surface area contributed by atoms with Crippen LogP contribution in [0.2, 0.25) is 0 Å². The lowest BCUT2D eigenvalue weighted by Gasteiger charge is -2.13. The van der Waals surface area contributed by atoms with Crippen LogP contribution in [0.1, 0.15) is 41.5 Å². The number of rotatable bonds is 7. The summed E-state index contributed by atoms with van der Waals surface area (Å²) in [5.41, 5.74) is 1.24. The Morgan fingerprint density at radius 2 is 2.10 bits per heavy atom. The van der Waals surface area contributed by atoms with Gasteiger partial charge in [-0.05, 0) is 45.2 Å². The van der Waals surface area contributed by atoms with E-state index in [1.54, 1.807) is 11.3 Å². The van der Waals surface area contributed by atoms with E-state index < -0.39 is 5.97 Å². The molecule has 0 aliphatic rings. The van der Waals surface area contributed by atoms with E-state index in [4.69, 9.17) is 5.11 Å². The molecule has 20 heavy (non-hydrogen) atoms. The Bertz CT molecular complexity index is 451. The SMILES string of the molecule is Cc1cc(CNC(=O)NC(C)CCCC(=O)O)sc1C. The van der Waals surface area contributed by atoms with Gasteiger partial charge in [0.05, 0.1) is 6.54 Å². The second kappa shape index (κ2) is 7.89. The third-order valence-corrected chi connectivity index (χ3v) is 4.20. The van der Waals surface area contributed by atoms with Crippen molar-refractivity contribution in [3.05, 3.63) is 21.4 Å². The molecular weight excluding hydrogens is 276 g/mol. The molecule has 1 aromatic heterocycles. The van der Waals surface area contributed by atoms with Crippen molar-refractivity contribution in [2.45, 2.75) is 52.6 Å². The second-order valence-electron chi connectivity index (χ2n) is 4.97. The maximum absolute atomic E-state index is 11.7. The summed E-state index contributed by atoms with van der Waals surface area (Å²) in [6.45, 7) is 6.52. The van der Waals surface area contributed by atoms with Crippen LogP contribution in [0.25, 0.3) is 0 Å². The first-order valence-electron chi connectivity index (χ1n) is 6.70. The highest BCUT2D eigenvalue weighted by atomic mass is 32.1. The minimum absolute atomic E-state index is 0.0267. The average molecular weight is 298 g/mol. The minimum Gasteiger partial charge on any atom is -0.481 e. The van der Waals surface area contributed by atoms with Gasteiger partial charge in [0.1, 0.15) is 0 Å². The van der Waals surface area contributed by atoms with Crippen molar-refractivity contribution < 1.29 is 14.7 Å². The quantitative estimate of drug-likeness (QED) is 0.724. The van der Waals surface area contributed by atoms with E-state index in [1.165, 1.54) is 10.4 Å². The number of nitrogens with one attached hydrogen (secondary N) is 2. The van der Waals surface area contributed by atoms with E-state index in [-0.39, 0.29) is 18.5 Å². The van der Waals surface area contributed by atoms with Crippen molar-refractivity contribution in [1.82, 2.24) is 10.6 Å². The smallest absolute Gasteiger partial charge is 0.315 e. The summed E-state index contributed by atoms with van der Waals surface area (Å²) in [4.78, 5) is 24.5. The molecule has 3 N–H and O–H groups in total. The molecule has 0 aliphatic carbocycles. The summed E-state index contributed by atoms with van der Waals surface area (Å²) in [5, 5.41) is 14.2. The van der Waals surface area contributed by atoms with Crippen LogP contribution in [0.5, 0.6) is 0 Å². The topological polar surface area (TPSA) is 78.4 Å². The van der Waals surface area contributed by atoms with Crippen molar-refractivity contribution >= 4 is 23.3 Å². The standard InChI is InChI=1S/C14H22N2O3S/c1-9-7-12(20-11(9)3)8-15-14(19)16-10(2)5-4-6-13(17)18/h7,10H,4-6,8H2,1-3H3,(H,17,18)(H2,15,16,19). The maximum Gasteiger partial charge on any atom is 0.315 e. The summed E-state index contributed by atoms with van der Waals surface area (Å²) < 4.78 is 0. The molecule has 0 bridgehead atoms. The fourth-order valence-electron chi connectivity index (χ4n) is 1.81. The molecule has 1 rings (SSSR count). The number of aliphatic carboxylic acids is 1. The number of amides is 2. The second-order valence-corrected chi connectivity index (χ2v) is 6.31. The predicted octanol–water partition coefficient (Wildman–Crippen LogP) is 2.81. The van der Waals surface area contributed by atoms with Crippen LogP contribution in [0, 0.1) is 13.8 Å². The first-order chi connectivity index (χ1) is 9.38. The van der Waals surface area contributed by atoms with Crippen molar-refractivity contribution in [3.63, 3.8) is 0 Å². The molecule has 0 saturated carbocycles. The molecule has 0 fully saturated rings. The van der Waals surface area contributed by atoms with Crippen LogP contribution in [-0.2, 0) is 11.3 Å². The summed E-state index contributed by atoms with van der Waals surface area (Å²) in [5.74, 6) is -0.801. The fraction of sp³-hybridized carbons (Fsp3) is 0.571. The number of urea groups is 1. The van der Waals surface area contributed by atoms with Crippen LogP contribution in [0.15, 0.2) is 6.07 Å². The molecular formula is C14H22N2O3S. The first kappa shape index (κ1) is 16.5. The lowest BCUT2D eigenvalue weighted by molar-refractivity contribution is -0.137. The number of carboxylic acids is 1. The Morgan fingerprint density at radius 1 is 1.40 bits per heavy atom. The van der Waals surface area contributed by atoms with Gasteiger partial charge >= 0.3 is 12.0 Å². The van der Waals surface area contributed by atoms with Crippen LogP contribution >= 0.6 is 11.3 Å². The highest BCUT2D eigenvalue weighted by molar-refractivity contribution is 7.12. The Morgan fingerprint density at radius 3 is 2.65 bits per heavy atom. The molecule has 1 aromatic rings. The van der Waals surface area contributed by atoms with Gasteiger partial charge in [0.15, 0.2) is 0 Å². The minimum atomic E-state index is -0.801. The molecule has 0 spiro atoms. The zero-order valence-electron chi connectivity index (χ0n) is 12.2. The Balaban J connectivity index is 2.24. The molecule has 6 heteroatoms. The van der Waals surface area contributed by atoms with Gasteiger partial charge in [-0.25, -0.2) is 4.79 Å². The van der Waals surface area contributed by atoms with Crippen molar-refractivity contribution in [3.8, 4) is 0 Å². The first-order valence-corrected chi connectivity index (χ1v) is 7.52. The molecule has 2 amide bonds. The zero-order chi connectivity index (χ0) is 15.1. The number of carbonyl (C=O) groups excluding carboxylic acids is 1. The van der Waals surface area contributed by atoms with Gasteiger partial charge in [-0.1, -0.05) is 0 Å². The van der Waals surface area contributed by atoms with E-state index in [0.29, 0.717) is 19.4 Å². The van der Waals surface area contributed by atoms with Crippen molar-refractivity contribution in [2.24, 2.45) is 0 Å². The van der Waals surface area contributed by atoms with Gasteiger partial charge < -0.3 is 15.7 Å². The lowest BCUT2D eigenvalue weighted by atomic mass is 10.1. The van der Waals surface area contributed by atoms with Gasteiger partial charge in [0.25, 0.3) is 0 Å². The van der Waals surface area contributed by atoms with E-state index in [1.807, 2.05) is 6.92 Å². The van der Waals surface area contributed by atoms with Gasteiger partial charge in [0, 0.05) is 22.2 Å². The number of hydrogen-bond donors (Lipinski definition) is 3. The van der Waals surface area contributed by atoms with Gasteiger partial charge in [0.2, 0.25) is 0 Å². The largest absolute Gasteiger partial charge is 0.481 e. The summed E-state index contributed by atoms with van der Waals surface area (Å²) >= 11 is 1.68. The summed E-state index contributed by atoms with van der Waals surface area (Å²) in [6.07, 6.45) is 1.37. The fourth-order valence-corrected chi connectivity index (χ4v) is 2.80. The number of hydrogen-bond acceptors (Lipinski definition) is 3. The number of thiophene rings is 1. The Hall–Kier alpha value is -1.56. The van der Waals surface area contributed by atoms with Crippen LogP contribution < -0.4 is 10.6 Å². The molecule has 1 atom stereocenters. The molecule has 1 heterocycles. The van der Waals surface area contributed by atoms with Crippen LogP contribution in [0.3, 0.4) is 0 Å². The van der Waals surface area contributed by atoms with E-state index in [9.17, 15) is 9.59 Å². The molecule has 0 radical (unpaired) electrons. The lowest BCUT2D eigenvalue weighted by Crippen LogP contribution is -2.40. The Kier molecular flexibility index (Phi) is 6.51. The average Bonchev–Trinajstić information content (AvgIpc) is 2.66. The van der Waals surface area contributed by atoms with Crippen molar-refractivity contribution in [1.29, 1.82) is 0 Å². The highest BCUT2D eigenvalue weighted by Crippen LogP contribution is 2.20. The maximum atomic E-state index is 11.7. The van der Waals surface area contributed by atoms with Crippen LogP contribution in [-0.4, -0.2) is 23.1 Å². The third-order valence-electron chi connectivity index (χ3n) is 3.05. The molecule has 5 nitrogen and oxygen atoms in total. The Labute approximate surface area is 123 Å². The number of carboxylic acid groups (broad SMARTS) is 1. The van der Waals surface area contributed by atoms with E-state index in [2.05, 4.69) is 30.5 Å². The third kappa shape index (κ3) is 6.06. The normalized spacial score (nSPS) is 11.9. The molecule has 1 unspecified atom stereocenters. The molecule has 112 valence electrons. The summed E-state index contributed by atoms with van der Waals surface area (Å²) in [7, 11) is 0. The monoisotopic (exact) mass is 298 g/mol. The summed E-state index contributed by atoms with van der Waals surface area (Å²) in [6, 6.07) is 1.84. The molecule has 0 aliphatic heterocycles. The number of aryl methyl sites for hydroxylation is 2. The zero-order valence-corrected chi connectivity index (χ0v) is 13.0. The van der Waals surface area contributed by atoms with Crippen LogP contribution in [0.4, 0.5) is 4.79 Å². The molecule has 0 saturated heterocycles. The highest BCUT2D eigenvalue weighted by Gasteiger charge is 2.08. The number of carbonyl (C=O) groups is 2. The van der Waals surface area contributed by atoms with Gasteiger partial charge in [-0.3, -0.25) is 4.79 Å².